The second-order valence-electron chi connectivity index (χ2n) is 5.52. The van der Waals surface area contributed by atoms with Gasteiger partial charge in [-0.05, 0) is 63.2 Å². The fraction of sp³-hybridized carbons (Fsp3) is 0.500. The average molecular weight is 306 g/mol. The SMILES string of the molecule is Clc1ccc(-c2noc(CCCN3CCCCC3)n2)cc1. The zero-order valence-corrected chi connectivity index (χ0v) is 12.9. The number of aromatic nitrogens is 2. The van der Waals surface area contributed by atoms with Crippen molar-refractivity contribution in [3.8, 4) is 11.4 Å². The van der Waals surface area contributed by atoms with Crippen LogP contribution in [0.3, 0.4) is 0 Å². The summed E-state index contributed by atoms with van der Waals surface area (Å²) in [5.41, 5.74) is 0.936. The predicted octanol–water partition coefficient (Wildman–Crippen LogP) is 3.81. The number of hydrogen-bond acceptors (Lipinski definition) is 4. The van der Waals surface area contributed by atoms with Crippen LogP contribution in [-0.2, 0) is 6.42 Å². The van der Waals surface area contributed by atoms with Crippen molar-refractivity contribution in [1.82, 2.24) is 15.0 Å². The molecule has 112 valence electrons. The van der Waals surface area contributed by atoms with Gasteiger partial charge in [0.15, 0.2) is 0 Å². The van der Waals surface area contributed by atoms with E-state index in [1.807, 2.05) is 24.3 Å². The van der Waals surface area contributed by atoms with Gasteiger partial charge in [-0.3, -0.25) is 0 Å². The van der Waals surface area contributed by atoms with Crippen LogP contribution in [-0.4, -0.2) is 34.7 Å². The molecule has 1 fully saturated rings. The van der Waals surface area contributed by atoms with E-state index in [1.165, 1.54) is 32.4 Å². The summed E-state index contributed by atoms with van der Waals surface area (Å²) in [6, 6.07) is 7.49. The van der Waals surface area contributed by atoms with Crippen molar-refractivity contribution < 1.29 is 4.52 Å². The zero-order chi connectivity index (χ0) is 14.5. The maximum absolute atomic E-state index is 5.88. The first-order valence-corrected chi connectivity index (χ1v) is 8.00. The number of benzene rings is 1. The summed E-state index contributed by atoms with van der Waals surface area (Å²) >= 11 is 5.88. The second kappa shape index (κ2) is 7.05. The molecule has 1 aromatic carbocycles. The molecule has 2 heterocycles. The van der Waals surface area contributed by atoms with E-state index in [-0.39, 0.29) is 0 Å². The quantitative estimate of drug-likeness (QED) is 0.842. The normalized spacial score (nSPS) is 16.2. The highest BCUT2D eigenvalue weighted by atomic mass is 35.5. The van der Waals surface area contributed by atoms with E-state index in [0.717, 1.165) is 30.8 Å². The van der Waals surface area contributed by atoms with Gasteiger partial charge in [-0.25, -0.2) is 0 Å². The smallest absolute Gasteiger partial charge is 0.227 e. The molecule has 1 aliphatic heterocycles. The number of halogens is 1. The monoisotopic (exact) mass is 305 g/mol. The molecule has 0 amide bonds. The summed E-state index contributed by atoms with van der Waals surface area (Å²) in [7, 11) is 0. The van der Waals surface area contributed by atoms with E-state index in [0.29, 0.717) is 10.8 Å². The van der Waals surface area contributed by atoms with Gasteiger partial charge >= 0.3 is 0 Å². The van der Waals surface area contributed by atoms with E-state index in [2.05, 4.69) is 15.0 Å². The van der Waals surface area contributed by atoms with Crippen molar-refractivity contribution in [1.29, 1.82) is 0 Å². The summed E-state index contributed by atoms with van der Waals surface area (Å²) in [6.07, 6.45) is 5.96. The van der Waals surface area contributed by atoms with Crippen molar-refractivity contribution >= 4 is 11.6 Å². The molecular weight excluding hydrogens is 286 g/mol. The summed E-state index contributed by atoms with van der Waals surface area (Å²) in [6.45, 7) is 3.60. The fourth-order valence-electron chi connectivity index (χ4n) is 2.71. The van der Waals surface area contributed by atoms with Gasteiger partial charge in [0.25, 0.3) is 0 Å². The number of likely N-dealkylation sites (tertiary alicyclic amines) is 1. The van der Waals surface area contributed by atoms with Gasteiger partial charge in [0.05, 0.1) is 0 Å². The Morgan fingerprint density at radius 1 is 1.10 bits per heavy atom. The largest absolute Gasteiger partial charge is 0.339 e. The molecule has 2 aromatic rings. The Kier molecular flexibility index (Phi) is 4.88. The first-order chi connectivity index (χ1) is 10.3. The van der Waals surface area contributed by atoms with Gasteiger partial charge < -0.3 is 9.42 Å². The van der Waals surface area contributed by atoms with Crippen LogP contribution in [0.5, 0.6) is 0 Å². The molecule has 0 atom stereocenters. The lowest BCUT2D eigenvalue weighted by Crippen LogP contribution is -2.30. The van der Waals surface area contributed by atoms with E-state index in [9.17, 15) is 0 Å². The Bertz CT molecular complexity index is 561. The minimum absolute atomic E-state index is 0.639. The van der Waals surface area contributed by atoms with E-state index < -0.39 is 0 Å². The summed E-state index contributed by atoms with van der Waals surface area (Å²) < 4.78 is 5.33. The minimum atomic E-state index is 0.639. The topological polar surface area (TPSA) is 42.2 Å². The molecule has 0 spiro atoms. The van der Waals surface area contributed by atoms with Gasteiger partial charge in [0.1, 0.15) is 0 Å². The molecule has 1 aromatic heterocycles. The van der Waals surface area contributed by atoms with Crippen molar-refractivity contribution in [2.24, 2.45) is 0 Å². The average Bonchev–Trinajstić information content (AvgIpc) is 2.98. The molecule has 0 saturated carbocycles. The fourth-order valence-corrected chi connectivity index (χ4v) is 2.84. The van der Waals surface area contributed by atoms with Crippen LogP contribution >= 0.6 is 11.6 Å². The van der Waals surface area contributed by atoms with Gasteiger partial charge in [-0.15, -0.1) is 0 Å². The number of nitrogens with zero attached hydrogens (tertiary/aromatic N) is 3. The molecule has 0 radical (unpaired) electrons. The van der Waals surface area contributed by atoms with Gasteiger partial charge in [0.2, 0.25) is 11.7 Å². The highest BCUT2D eigenvalue weighted by Crippen LogP contribution is 2.19. The first-order valence-electron chi connectivity index (χ1n) is 7.62. The van der Waals surface area contributed by atoms with Crippen LogP contribution in [0, 0.1) is 0 Å². The number of rotatable bonds is 5. The maximum atomic E-state index is 5.88. The van der Waals surface area contributed by atoms with Gasteiger partial charge in [-0.2, -0.15) is 4.98 Å². The molecule has 0 bridgehead atoms. The number of hydrogen-bond donors (Lipinski definition) is 0. The Balaban J connectivity index is 1.51. The van der Waals surface area contributed by atoms with Gasteiger partial charge in [0, 0.05) is 17.0 Å². The van der Waals surface area contributed by atoms with E-state index in [1.54, 1.807) is 0 Å². The molecule has 0 N–H and O–H groups in total. The van der Waals surface area contributed by atoms with Crippen LogP contribution in [0.1, 0.15) is 31.6 Å². The lowest BCUT2D eigenvalue weighted by Gasteiger charge is -2.25. The lowest BCUT2D eigenvalue weighted by molar-refractivity contribution is 0.223. The van der Waals surface area contributed by atoms with E-state index in [4.69, 9.17) is 16.1 Å². The van der Waals surface area contributed by atoms with Crippen molar-refractivity contribution in [3.63, 3.8) is 0 Å². The molecule has 4 nitrogen and oxygen atoms in total. The predicted molar refractivity (Wildman–Crippen MR) is 83.4 cm³/mol. The third-order valence-corrected chi connectivity index (χ3v) is 4.14. The van der Waals surface area contributed by atoms with Crippen LogP contribution in [0.2, 0.25) is 5.02 Å². The Hall–Kier alpha value is -1.39. The first kappa shape index (κ1) is 14.5. The maximum Gasteiger partial charge on any atom is 0.227 e. The van der Waals surface area contributed by atoms with Crippen molar-refractivity contribution in [2.75, 3.05) is 19.6 Å². The Morgan fingerprint density at radius 2 is 1.86 bits per heavy atom. The molecule has 0 aliphatic carbocycles. The highest BCUT2D eigenvalue weighted by Gasteiger charge is 2.11. The second-order valence-corrected chi connectivity index (χ2v) is 5.96. The van der Waals surface area contributed by atoms with Crippen LogP contribution in [0.15, 0.2) is 28.8 Å². The van der Waals surface area contributed by atoms with Crippen LogP contribution in [0.4, 0.5) is 0 Å². The molecule has 3 rings (SSSR count). The lowest BCUT2D eigenvalue weighted by atomic mass is 10.1. The van der Waals surface area contributed by atoms with Crippen molar-refractivity contribution in [3.05, 3.63) is 35.2 Å². The third kappa shape index (κ3) is 4.05. The third-order valence-electron chi connectivity index (χ3n) is 3.88. The standard InChI is InChI=1S/C16H20ClN3O/c17-14-8-6-13(7-9-14)16-18-15(21-19-16)5-4-12-20-10-2-1-3-11-20/h6-9H,1-5,10-12H2. The molecular formula is C16H20ClN3O. The number of piperidine rings is 1. The summed E-state index contributed by atoms with van der Waals surface area (Å²) in [4.78, 5) is 6.98. The minimum Gasteiger partial charge on any atom is -0.339 e. The summed E-state index contributed by atoms with van der Waals surface area (Å²) in [5.74, 6) is 1.36. The molecule has 1 aliphatic rings. The molecule has 1 saturated heterocycles. The van der Waals surface area contributed by atoms with Crippen LogP contribution in [0.25, 0.3) is 11.4 Å². The molecule has 21 heavy (non-hydrogen) atoms. The Labute approximate surface area is 130 Å². The van der Waals surface area contributed by atoms with E-state index >= 15 is 0 Å². The number of aryl methyl sites for hydroxylation is 1. The van der Waals surface area contributed by atoms with Crippen molar-refractivity contribution in [2.45, 2.75) is 32.1 Å². The highest BCUT2D eigenvalue weighted by molar-refractivity contribution is 6.30. The molecule has 0 unspecified atom stereocenters. The Morgan fingerprint density at radius 3 is 2.62 bits per heavy atom. The molecule has 5 heteroatoms. The zero-order valence-electron chi connectivity index (χ0n) is 12.1. The van der Waals surface area contributed by atoms with Crippen LogP contribution < -0.4 is 0 Å². The summed E-state index contributed by atoms with van der Waals surface area (Å²) in [5, 5.41) is 4.75. The van der Waals surface area contributed by atoms with Gasteiger partial charge in [-0.1, -0.05) is 23.2 Å².